The molecule has 0 aromatic rings. The van der Waals surface area contributed by atoms with Crippen molar-refractivity contribution < 1.29 is 64.6 Å². The first kappa shape index (κ1) is 86.6. The van der Waals surface area contributed by atoms with Crippen LogP contribution in [0.3, 0.4) is 0 Å². The number of unbranched alkanes of at least 4 members (excludes halogenated alkanes) is 52. The molecule has 14 nitrogen and oxygen atoms in total. The van der Waals surface area contributed by atoms with Gasteiger partial charge in [-0.1, -0.05) is 359 Å². The van der Waals surface area contributed by atoms with E-state index in [1.165, 1.54) is 308 Å². The summed E-state index contributed by atoms with van der Waals surface area (Å²) in [6.07, 6.45) is 64.1. The van der Waals surface area contributed by atoms with Crippen LogP contribution in [0, 0.1) is 0 Å². The largest absolute Gasteiger partial charge is 0.394 e. The van der Waals surface area contributed by atoms with Crippen molar-refractivity contribution in [1.29, 1.82) is 0 Å². The summed E-state index contributed by atoms with van der Waals surface area (Å²) < 4.78 is 22.9. The van der Waals surface area contributed by atoms with Crippen LogP contribution in [0.5, 0.6) is 0 Å². The van der Waals surface area contributed by atoms with Crippen molar-refractivity contribution >= 4 is 5.91 Å². The fourth-order valence-corrected chi connectivity index (χ4v) is 13.4. The first-order valence-corrected chi connectivity index (χ1v) is 39.6. The Bertz CT molecular complexity index is 1640. The maximum atomic E-state index is 13.4. The number of hydrogen-bond donors (Lipinski definition) is 9. The molecule has 0 aromatic heterocycles. The lowest BCUT2D eigenvalue weighted by Gasteiger charge is -2.46. The molecule has 0 aromatic carbocycles. The van der Waals surface area contributed by atoms with Crippen molar-refractivity contribution in [1.82, 2.24) is 5.32 Å². The molecular weight excluding hydrogens is 1160 g/mol. The van der Waals surface area contributed by atoms with Crippen molar-refractivity contribution in [3.05, 3.63) is 24.3 Å². The predicted octanol–water partition coefficient (Wildman–Crippen LogP) is 17.5. The van der Waals surface area contributed by atoms with Gasteiger partial charge in [0, 0.05) is 6.42 Å². The van der Waals surface area contributed by atoms with E-state index >= 15 is 0 Å². The van der Waals surface area contributed by atoms with E-state index in [-0.39, 0.29) is 18.9 Å². The molecule has 2 aliphatic heterocycles. The average molecular weight is 1310 g/mol. The number of rotatable bonds is 67. The number of hydrogen-bond acceptors (Lipinski definition) is 13. The van der Waals surface area contributed by atoms with E-state index in [1.54, 1.807) is 6.08 Å². The van der Waals surface area contributed by atoms with Crippen LogP contribution in [0.25, 0.3) is 0 Å². The van der Waals surface area contributed by atoms with Crippen LogP contribution in [-0.2, 0) is 23.7 Å². The van der Waals surface area contributed by atoms with Crippen molar-refractivity contribution in [3.8, 4) is 0 Å². The van der Waals surface area contributed by atoms with E-state index in [9.17, 15) is 45.6 Å². The number of nitrogens with one attached hydrogen (secondary N) is 1. The van der Waals surface area contributed by atoms with E-state index in [0.717, 1.165) is 32.1 Å². The fourth-order valence-electron chi connectivity index (χ4n) is 13.4. The molecule has 92 heavy (non-hydrogen) atoms. The summed E-state index contributed by atoms with van der Waals surface area (Å²) in [5, 5.41) is 87.6. The Balaban J connectivity index is 1.64. The topological polar surface area (TPSA) is 228 Å². The van der Waals surface area contributed by atoms with E-state index in [2.05, 4.69) is 31.3 Å². The molecule has 2 rings (SSSR count). The maximum absolute atomic E-state index is 13.4. The molecule has 2 saturated heterocycles. The van der Waals surface area contributed by atoms with Gasteiger partial charge in [0.25, 0.3) is 0 Å². The minimum atomic E-state index is -1.79. The summed E-state index contributed by atoms with van der Waals surface area (Å²) in [4.78, 5) is 13.4. The molecule has 0 bridgehead atoms. The van der Waals surface area contributed by atoms with E-state index in [4.69, 9.17) is 18.9 Å². The van der Waals surface area contributed by atoms with Crippen LogP contribution in [-0.4, -0.2) is 140 Å². The molecule has 0 saturated carbocycles. The van der Waals surface area contributed by atoms with Gasteiger partial charge < -0.3 is 65.1 Å². The van der Waals surface area contributed by atoms with Gasteiger partial charge in [0.05, 0.1) is 32.0 Å². The number of ether oxygens (including phenoxy) is 4. The van der Waals surface area contributed by atoms with E-state index < -0.39 is 86.8 Å². The number of aliphatic hydroxyl groups is 8. The zero-order valence-corrected chi connectivity index (χ0v) is 59.6. The Morgan fingerprint density at radius 1 is 0.380 bits per heavy atom. The minimum absolute atomic E-state index is 0.240. The highest BCUT2D eigenvalue weighted by atomic mass is 16.7. The lowest BCUT2D eigenvalue weighted by molar-refractivity contribution is -0.359. The SMILES string of the molecule is CCCCCCCCCCCCCCCCCCCCCCCCCCCC/C=C/CC/C=C/C(O)C(COC1OC(CO)C(OC2OC(CO)C(O)C(O)C2O)C(O)C1O)NC(=O)CCCCCCCCCCCCCCCCCCCCCCCCCCCC. The quantitative estimate of drug-likeness (QED) is 0.0204. The van der Waals surface area contributed by atoms with Crippen LogP contribution in [0.15, 0.2) is 24.3 Å². The summed E-state index contributed by atoms with van der Waals surface area (Å²) in [6.45, 7) is 2.86. The van der Waals surface area contributed by atoms with E-state index in [0.29, 0.717) is 12.8 Å². The molecule has 544 valence electrons. The molecule has 14 heteroatoms. The van der Waals surface area contributed by atoms with Gasteiger partial charge in [-0.15, -0.1) is 0 Å². The number of aliphatic hydroxyl groups excluding tert-OH is 8. The third-order valence-corrected chi connectivity index (χ3v) is 19.6. The molecule has 2 fully saturated rings. The van der Waals surface area contributed by atoms with Gasteiger partial charge in [-0.05, 0) is 32.1 Å². The Morgan fingerprint density at radius 2 is 0.696 bits per heavy atom. The molecule has 2 heterocycles. The lowest BCUT2D eigenvalue weighted by atomic mass is 9.97. The van der Waals surface area contributed by atoms with Gasteiger partial charge in [0.1, 0.15) is 48.8 Å². The summed E-state index contributed by atoms with van der Waals surface area (Å²) >= 11 is 0. The van der Waals surface area contributed by atoms with Crippen LogP contribution in [0.4, 0.5) is 0 Å². The Kier molecular flexibility index (Phi) is 59.2. The molecule has 0 radical (unpaired) electrons. The summed E-state index contributed by atoms with van der Waals surface area (Å²) in [5.41, 5.74) is 0. The summed E-state index contributed by atoms with van der Waals surface area (Å²) in [5.74, 6) is -0.240. The Morgan fingerprint density at radius 3 is 1.07 bits per heavy atom. The summed E-state index contributed by atoms with van der Waals surface area (Å²) in [7, 11) is 0. The average Bonchev–Trinajstić information content (AvgIpc) is 0.846. The standard InChI is InChI=1S/C78H149NO13/c1-3-5-7-9-11-13-15-17-19-21-23-25-27-29-31-32-33-34-35-36-37-39-41-43-45-47-49-51-53-55-57-59-61-67(82)66(65-89-77-75(88)73(86)76(69(64-81)91-77)92-78-74(87)72(85)71(84)68(63-80)90-78)79-70(83)62-60-58-56-54-52-50-48-46-44-42-40-38-30-28-26-24-22-20-18-16-14-12-10-8-6-4-2/h51,53,59,61,66-69,71-78,80-82,84-88H,3-50,52,54-58,60,62-65H2,1-2H3,(H,79,83)/b53-51+,61-59+. The first-order chi connectivity index (χ1) is 45.1. The molecule has 2 aliphatic rings. The van der Waals surface area contributed by atoms with Crippen molar-refractivity contribution in [2.45, 2.75) is 447 Å². The van der Waals surface area contributed by atoms with Crippen LogP contribution in [0.2, 0.25) is 0 Å². The van der Waals surface area contributed by atoms with Gasteiger partial charge in [0.15, 0.2) is 12.6 Å². The zero-order chi connectivity index (χ0) is 66.6. The van der Waals surface area contributed by atoms with Crippen molar-refractivity contribution in [3.63, 3.8) is 0 Å². The van der Waals surface area contributed by atoms with Crippen molar-refractivity contribution in [2.75, 3.05) is 19.8 Å². The molecule has 0 aliphatic carbocycles. The van der Waals surface area contributed by atoms with Crippen LogP contribution >= 0.6 is 0 Å². The van der Waals surface area contributed by atoms with Gasteiger partial charge >= 0.3 is 0 Å². The first-order valence-electron chi connectivity index (χ1n) is 39.6. The smallest absolute Gasteiger partial charge is 0.220 e. The Labute approximate surface area is 564 Å². The highest BCUT2D eigenvalue weighted by Crippen LogP contribution is 2.30. The monoisotopic (exact) mass is 1310 g/mol. The molecule has 0 spiro atoms. The molecule has 12 atom stereocenters. The minimum Gasteiger partial charge on any atom is -0.394 e. The number of carbonyl (C=O) groups is 1. The van der Waals surface area contributed by atoms with Gasteiger partial charge in [-0.2, -0.15) is 0 Å². The van der Waals surface area contributed by atoms with Crippen LogP contribution in [0.1, 0.15) is 373 Å². The highest BCUT2D eigenvalue weighted by molar-refractivity contribution is 5.76. The highest BCUT2D eigenvalue weighted by Gasteiger charge is 2.51. The molecule has 12 unspecified atom stereocenters. The van der Waals surface area contributed by atoms with Crippen molar-refractivity contribution in [2.24, 2.45) is 0 Å². The van der Waals surface area contributed by atoms with Crippen LogP contribution < -0.4 is 5.32 Å². The predicted molar refractivity (Wildman–Crippen MR) is 378 cm³/mol. The lowest BCUT2D eigenvalue weighted by Crippen LogP contribution is -2.65. The molecule has 9 N–H and O–H groups in total. The Hall–Kier alpha value is -1.53. The van der Waals surface area contributed by atoms with Gasteiger partial charge in [-0.3, -0.25) is 4.79 Å². The summed E-state index contributed by atoms with van der Waals surface area (Å²) in [6, 6.07) is -0.930. The fraction of sp³-hybridized carbons (Fsp3) is 0.936. The second-order valence-corrected chi connectivity index (χ2v) is 28.2. The number of amides is 1. The molecular formula is C78H149NO13. The van der Waals surface area contributed by atoms with E-state index in [1.807, 2.05) is 6.08 Å². The van der Waals surface area contributed by atoms with Gasteiger partial charge in [0.2, 0.25) is 5.91 Å². The third-order valence-electron chi connectivity index (χ3n) is 19.6. The number of carbonyl (C=O) groups excluding carboxylic acids is 1. The normalized spacial score (nSPS) is 22.7. The zero-order valence-electron chi connectivity index (χ0n) is 59.6. The number of allylic oxidation sites excluding steroid dienone is 3. The second kappa shape index (κ2) is 63.0. The second-order valence-electron chi connectivity index (χ2n) is 28.2. The maximum Gasteiger partial charge on any atom is 0.220 e. The van der Waals surface area contributed by atoms with Gasteiger partial charge in [-0.25, -0.2) is 0 Å². The molecule has 1 amide bonds. The third kappa shape index (κ3) is 45.9.